The molecule has 0 aliphatic heterocycles. The van der Waals surface area contributed by atoms with Crippen LogP contribution in [-0.4, -0.2) is 10.1 Å². The number of aliphatic hydroxyl groups is 1. The minimum atomic E-state index is -0.0398. The average molecular weight is 154 g/mol. The average Bonchev–Trinajstić information content (AvgIpc) is 2.37. The van der Waals surface area contributed by atoms with Crippen molar-refractivity contribution in [2.75, 3.05) is 0 Å². The van der Waals surface area contributed by atoms with Gasteiger partial charge in [-0.2, -0.15) is 5.26 Å². The summed E-state index contributed by atoms with van der Waals surface area (Å²) in [5.41, 5.74) is 0.648. The molecule has 0 aliphatic rings. The second kappa shape index (κ2) is 3.30. The van der Waals surface area contributed by atoms with E-state index in [1.807, 2.05) is 6.07 Å². The summed E-state index contributed by atoms with van der Waals surface area (Å²) >= 11 is 1.41. The summed E-state index contributed by atoms with van der Waals surface area (Å²) in [7, 11) is 0. The van der Waals surface area contributed by atoms with Crippen molar-refractivity contribution in [3.05, 3.63) is 16.1 Å². The molecule has 1 heterocycles. The van der Waals surface area contributed by atoms with E-state index >= 15 is 0 Å². The van der Waals surface area contributed by atoms with Gasteiger partial charge in [-0.25, -0.2) is 4.98 Å². The summed E-state index contributed by atoms with van der Waals surface area (Å²) in [5, 5.41) is 19.4. The highest BCUT2D eigenvalue weighted by molar-refractivity contribution is 7.09. The van der Waals surface area contributed by atoms with Gasteiger partial charge in [0.05, 0.1) is 24.8 Å². The molecule has 0 spiro atoms. The first-order valence-corrected chi connectivity index (χ1v) is 3.66. The Labute approximate surface area is 62.6 Å². The molecule has 0 aliphatic carbocycles. The Morgan fingerprint density at radius 1 is 1.80 bits per heavy atom. The highest BCUT2D eigenvalue weighted by Crippen LogP contribution is 2.09. The summed E-state index contributed by atoms with van der Waals surface area (Å²) in [6.45, 7) is -0.0398. The van der Waals surface area contributed by atoms with E-state index in [4.69, 9.17) is 10.4 Å². The zero-order valence-electron chi connectivity index (χ0n) is 5.24. The third-order valence-corrected chi connectivity index (χ3v) is 1.89. The first kappa shape index (κ1) is 7.19. The van der Waals surface area contributed by atoms with Crippen molar-refractivity contribution in [3.8, 4) is 6.07 Å². The minimum Gasteiger partial charge on any atom is -0.390 e. The van der Waals surface area contributed by atoms with Crippen LogP contribution in [0.3, 0.4) is 0 Å². The molecule has 0 unspecified atom stereocenters. The monoisotopic (exact) mass is 154 g/mol. The number of rotatable bonds is 2. The number of nitriles is 1. The first-order valence-electron chi connectivity index (χ1n) is 2.78. The van der Waals surface area contributed by atoms with E-state index in [1.165, 1.54) is 11.3 Å². The molecule has 1 N–H and O–H groups in total. The highest BCUT2D eigenvalue weighted by atomic mass is 32.1. The van der Waals surface area contributed by atoms with Crippen molar-refractivity contribution in [1.29, 1.82) is 5.26 Å². The van der Waals surface area contributed by atoms with Gasteiger partial charge in [-0.15, -0.1) is 11.3 Å². The molecule has 0 saturated heterocycles. The zero-order valence-corrected chi connectivity index (χ0v) is 6.06. The fraction of sp³-hybridized carbons (Fsp3) is 0.333. The number of hydrogen-bond donors (Lipinski definition) is 1. The lowest BCUT2D eigenvalue weighted by atomic mass is 10.5. The third kappa shape index (κ3) is 1.53. The molecule has 52 valence electrons. The quantitative estimate of drug-likeness (QED) is 0.682. The smallest absolute Gasteiger partial charge is 0.107 e. The third-order valence-electron chi connectivity index (χ3n) is 0.992. The molecule has 0 saturated carbocycles. The number of aliphatic hydroxyl groups excluding tert-OH is 1. The Balaban J connectivity index is 2.70. The fourth-order valence-electron chi connectivity index (χ4n) is 0.570. The largest absolute Gasteiger partial charge is 0.390 e. The molecule has 1 aromatic heterocycles. The molecule has 0 radical (unpaired) electrons. The van der Waals surface area contributed by atoms with Crippen LogP contribution in [0, 0.1) is 11.3 Å². The Morgan fingerprint density at radius 2 is 2.60 bits per heavy atom. The van der Waals surface area contributed by atoms with Crippen LogP contribution in [0.2, 0.25) is 0 Å². The SMILES string of the molecule is N#CCc1nc(CO)cs1. The van der Waals surface area contributed by atoms with E-state index in [0.29, 0.717) is 12.1 Å². The summed E-state index contributed by atoms with van der Waals surface area (Å²) in [6.07, 6.45) is 0.338. The van der Waals surface area contributed by atoms with E-state index in [2.05, 4.69) is 4.98 Å². The number of hydrogen-bond acceptors (Lipinski definition) is 4. The van der Waals surface area contributed by atoms with Gasteiger partial charge in [-0.05, 0) is 0 Å². The van der Waals surface area contributed by atoms with Gasteiger partial charge in [0, 0.05) is 5.38 Å². The van der Waals surface area contributed by atoms with Crippen molar-refractivity contribution in [3.63, 3.8) is 0 Å². The maximum Gasteiger partial charge on any atom is 0.107 e. The molecule has 1 rings (SSSR count). The van der Waals surface area contributed by atoms with Crippen LogP contribution >= 0.6 is 11.3 Å². The van der Waals surface area contributed by atoms with Gasteiger partial charge in [-0.1, -0.05) is 0 Å². The van der Waals surface area contributed by atoms with Crippen LogP contribution in [0.15, 0.2) is 5.38 Å². The van der Waals surface area contributed by atoms with Gasteiger partial charge in [0.15, 0.2) is 0 Å². The molecule has 4 heteroatoms. The summed E-state index contributed by atoms with van der Waals surface area (Å²) in [5.74, 6) is 0. The second-order valence-electron chi connectivity index (χ2n) is 1.73. The lowest BCUT2D eigenvalue weighted by Gasteiger charge is -1.81. The Morgan fingerprint density at radius 3 is 3.10 bits per heavy atom. The maximum absolute atomic E-state index is 8.58. The standard InChI is InChI=1S/C6H6N2OS/c7-2-1-6-8-5(3-9)4-10-6/h4,9H,1,3H2. The fourth-order valence-corrected chi connectivity index (χ4v) is 1.29. The molecule has 0 bridgehead atoms. The first-order chi connectivity index (χ1) is 4.86. The number of thiazole rings is 1. The van der Waals surface area contributed by atoms with Crippen molar-refractivity contribution < 1.29 is 5.11 Å². The van der Waals surface area contributed by atoms with E-state index < -0.39 is 0 Å². The predicted molar refractivity (Wildman–Crippen MR) is 37.4 cm³/mol. The molecular formula is C6H6N2OS. The van der Waals surface area contributed by atoms with Gasteiger partial charge < -0.3 is 5.11 Å². The van der Waals surface area contributed by atoms with Crippen LogP contribution in [0.5, 0.6) is 0 Å². The van der Waals surface area contributed by atoms with Gasteiger partial charge in [0.1, 0.15) is 5.01 Å². The van der Waals surface area contributed by atoms with E-state index in [0.717, 1.165) is 5.01 Å². The molecule has 0 aromatic carbocycles. The van der Waals surface area contributed by atoms with Gasteiger partial charge in [0.25, 0.3) is 0 Å². The second-order valence-corrected chi connectivity index (χ2v) is 2.67. The maximum atomic E-state index is 8.58. The molecule has 0 fully saturated rings. The predicted octanol–water partition coefficient (Wildman–Crippen LogP) is 0.701. The van der Waals surface area contributed by atoms with Crippen molar-refractivity contribution in [2.24, 2.45) is 0 Å². The molecule has 0 atom stereocenters. The normalized spacial score (nSPS) is 9.20. The van der Waals surface area contributed by atoms with Gasteiger partial charge in [-0.3, -0.25) is 0 Å². The van der Waals surface area contributed by atoms with Crippen molar-refractivity contribution in [1.82, 2.24) is 4.98 Å². The summed E-state index contributed by atoms with van der Waals surface area (Å²) in [6, 6.07) is 1.99. The Kier molecular flexibility index (Phi) is 2.37. The highest BCUT2D eigenvalue weighted by Gasteiger charge is 1.98. The van der Waals surface area contributed by atoms with E-state index in [9.17, 15) is 0 Å². The van der Waals surface area contributed by atoms with Gasteiger partial charge in [0.2, 0.25) is 0 Å². The Hall–Kier alpha value is -0.920. The Bertz CT molecular complexity index is 250. The van der Waals surface area contributed by atoms with Crippen LogP contribution in [0.1, 0.15) is 10.7 Å². The van der Waals surface area contributed by atoms with E-state index in [-0.39, 0.29) is 6.61 Å². The van der Waals surface area contributed by atoms with Crippen molar-refractivity contribution >= 4 is 11.3 Å². The van der Waals surface area contributed by atoms with Crippen LogP contribution in [0.4, 0.5) is 0 Å². The molecule has 3 nitrogen and oxygen atoms in total. The zero-order chi connectivity index (χ0) is 7.40. The van der Waals surface area contributed by atoms with E-state index in [1.54, 1.807) is 5.38 Å². The van der Waals surface area contributed by atoms with Crippen LogP contribution < -0.4 is 0 Å². The number of aromatic nitrogens is 1. The lowest BCUT2D eigenvalue weighted by Crippen LogP contribution is -1.83. The summed E-state index contributed by atoms with van der Waals surface area (Å²) in [4.78, 5) is 3.96. The molecular weight excluding hydrogens is 148 g/mol. The molecule has 1 aromatic rings. The number of nitrogens with zero attached hydrogens (tertiary/aromatic N) is 2. The van der Waals surface area contributed by atoms with Crippen LogP contribution in [0.25, 0.3) is 0 Å². The molecule has 0 amide bonds. The summed E-state index contributed by atoms with van der Waals surface area (Å²) < 4.78 is 0. The van der Waals surface area contributed by atoms with Crippen molar-refractivity contribution in [2.45, 2.75) is 13.0 Å². The lowest BCUT2D eigenvalue weighted by molar-refractivity contribution is 0.277. The van der Waals surface area contributed by atoms with Crippen LogP contribution in [-0.2, 0) is 13.0 Å². The topological polar surface area (TPSA) is 56.9 Å². The minimum absolute atomic E-state index is 0.0398. The van der Waals surface area contributed by atoms with Gasteiger partial charge >= 0.3 is 0 Å². The molecule has 10 heavy (non-hydrogen) atoms.